The standard InChI is InChI=1S/C23H23N3O2/c27-23(28)16-9-10-21-19(15-16)22(18-7-4-8-20(18)24-21)26-13-11-25(12-14-26)17-5-2-1-3-6-17/h1-3,5-6,9-10,15H,4,7-8,11-14H2,(H,27,28). The number of piperazine rings is 1. The first-order chi connectivity index (χ1) is 13.7. The molecule has 1 fully saturated rings. The number of rotatable bonds is 3. The van der Waals surface area contributed by atoms with Gasteiger partial charge in [-0.1, -0.05) is 18.2 Å². The number of carbonyl (C=O) groups is 1. The number of pyridine rings is 1. The molecule has 2 heterocycles. The largest absolute Gasteiger partial charge is 0.478 e. The molecule has 5 heteroatoms. The van der Waals surface area contributed by atoms with Crippen LogP contribution in [0.4, 0.5) is 11.4 Å². The number of hydrogen-bond acceptors (Lipinski definition) is 4. The van der Waals surface area contributed by atoms with Crippen molar-refractivity contribution in [1.82, 2.24) is 4.98 Å². The van der Waals surface area contributed by atoms with E-state index in [1.54, 1.807) is 6.07 Å². The minimum absolute atomic E-state index is 0.330. The first-order valence-electron chi connectivity index (χ1n) is 9.94. The Labute approximate surface area is 164 Å². The Hall–Kier alpha value is -3.08. The average Bonchev–Trinajstić information content (AvgIpc) is 3.20. The lowest BCUT2D eigenvalue weighted by molar-refractivity contribution is 0.0697. The molecule has 0 amide bonds. The van der Waals surface area contributed by atoms with Gasteiger partial charge in [-0.15, -0.1) is 0 Å². The van der Waals surface area contributed by atoms with Crippen molar-refractivity contribution in [3.8, 4) is 0 Å². The van der Waals surface area contributed by atoms with Crippen LogP contribution < -0.4 is 9.80 Å². The molecule has 2 aromatic carbocycles. The smallest absolute Gasteiger partial charge is 0.335 e. The monoisotopic (exact) mass is 373 g/mol. The maximum atomic E-state index is 11.5. The predicted molar refractivity (Wildman–Crippen MR) is 112 cm³/mol. The minimum atomic E-state index is -0.887. The molecule has 0 saturated carbocycles. The fourth-order valence-electron chi connectivity index (χ4n) is 4.56. The SMILES string of the molecule is O=C(O)c1ccc2nc3c(c(N4CCN(c5ccccc5)CC4)c2c1)CCC3. The number of carboxylic acid groups (broad SMARTS) is 1. The van der Waals surface area contributed by atoms with Crippen LogP contribution in [0.5, 0.6) is 0 Å². The van der Waals surface area contributed by atoms with E-state index in [1.807, 2.05) is 18.2 Å². The number of anilines is 2. The molecule has 1 N–H and O–H groups in total. The van der Waals surface area contributed by atoms with Gasteiger partial charge >= 0.3 is 5.97 Å². The summed E-state index contributed by atoms with van der Waals surface area (Å²) in [5, 5.41) is 10.4. The van der Waals surface area contributed by atoms with Gasteiger partial charge in [-0.2, -0.15) is 0 Å². The second kappa shape index (κ2) is 6.82. The number of para-hydroxylation sites is 1. The summed E-state index contributed by atoms with van der Waals surface area (Å²) in [6.07, 6.45) is 3.17. The number of benzene rings is 2. The Bertz CT molecular complexity index is 1040. The summed E-state index contributed by atoms with van der Waals surface area (Å²) < 4.78 is 0. The van der Waals surface area contributed by atoms with Gasteiger partial charge in [-0.25, -0.2) is 4.79 Å². The topological polar surface area (TPSA) is 56.7 Å². The van der Waals surface area contributed by atoms with Gasteiger partial charge in [0.1, 0.15) is 0 Å². The van der Waals surface area contributed by atoms with Crippen molar-refractivity contribution >= 4 is 28.2 Å². The van der Waals surface area contributed by atoms with Crippen LogP contribution in [0.1, 0.15) is 28.0 Å². The average molecular weight is 373 g/mol. The van der Waals surface area contributed by atoms with Gasteiger partial charge < -0.3 is 14.9 Å². The Balaban J connectivity index is 1.53. The van der Waals surface area contributed by atoms with Crippen molar-refractivity contribution < 1.29 is 9.90 Å². The molecule has 1 aliphatic carbocycles. The quantitative estimate of drug-likeness (QED) is 0.758. The summed E-state index contributed by atoms with van der Waals surface area (Å²) >= 11 is 0. The molecular weight excluding hydrogens is 350 g/mol. The third-order valence-electron chi connectivity index (χ3n) is 5.95. The molecule has 2 aliphatic rings. The molecule has 0 unspecified atom stereocenters. The predicted octanol–water partition coefficient (Wildman–Crippen LogP) is 3.75. The molecule has 5 nitrogen and oxygen atoms in total. The third kappa shape index (κ3) is 2.87. The summed E-state index contributed by atoms with van der Waals surface area (Å²) in [5.41, 5.74) is 6.23. The molecule has 0 bridgehead atoms. The molecule has 1 saturated heterocycles. The number of aromatic nitrogens is 1. The highest BCUT2D eigenvalue weighted by atomic mass is 16.4. The molecule has 5 rings (SSSR count). The van der Waals surface area contributed by atoms with Crippen molar-refractivity contribution in [2.24, 2.45) is 0 Å². The highest BCUT2D eigenvalue weighted by Crippen LogP contribution is 2.37. The summed E-state index contributed by atoms with van der Waals surface area (Å²) in [4.78, 5) is 21.2. The van der Waals surface area contributed by atoms with E-state index >= 15 is 0 Å². The van der Waals surface area contributed by atoms with Crippen LogP contribution in [0.2, 0.25) is 0 Å². The van der Waals surface area contributed by atoms with Crippen LogP contribution in [-0.2, 0) is 12.8 Å². The Morgan fingerprint density at radius 2 is 1.68 bits per heavy atom. The van der Waals surface area contributed by atoms with Gasteiger partial charge in [0.25, 0.3) is 0 Å². The second-order valence-corrected chi connectivity index (χ2v) is 7.59. The fourth-order valence-corrected chi connectivity index (χ4v) is 4.56. The van der Waals surface area contributed by atoms with Gasteiger partial charge in [0.05, 0.1) is 16.8 Å². The number of fused-ring (bicyclic) bond motifs is 2. The zero-order chi connectivity index (χ0) is 19.1. The molecule has 0 radical (unpaired) electrons. The van der Waals surface area contributed by atoms with Gasteiger partial charge in [-0.05, 0) is 55.2 Å². The second-order valence-electron chi connectivity index (χ2n) is 7.59. The van der Waals surface area contributed by atoms with E-state index in [2.05, 4.69) is 34.1 Å². The van der Waals surface area contributed by atoms with E-state index in [4.69, 9.17) is 4.98 Å². The van der Waals surface area contributed by atoms with Crippen LogP contribution in [0.25, 0.3) is 10.9 Å². The van der Waals surface area contributed by atoms with E-state index in [1.165, 1.54) is 22.6 Å². The summed E-state index contributed by atoms with van der Waals surface area (Å²) in [7, 11) is 0. The van der Waals surface area contributed by atoms with Crippen LogP contribution in [0.15, 0.2) is 48.5 Å². The molecular formula is C23H23N3O2. The molecule has 28 heavy (non-hydrogen) atoms. The van der Waals surface area contributed by atoms with Gasteiger partial charge in [0.15, 0.2) is 0 Å². The van der Waals surface area contributed by atoms with Crippen molar-refractivity contribution in [3.63, 3.8) is 0 Å². The van der Waals surface area contributed by atoms with Gasteiger partial charge in [0, 0.05) is 42.9 Å². The van der Waals surface area contributed by atoms with Gasteiger partial charge in [-0.3, -0.25) is 4.98 Å². The third-order valence-corrected chi connectivity index (χ3v) is 5.95. The molecule has 1 aromatic heterocycles. The number of aromatic carboxylic acids is 1. The molecule has 1 aliphatic heterocycles. The number of nitrogens with zero attached hydrogens (tertiary/aromatic N) is 3. The van der Waals surface area contributed by atoms with Crippen molar-refractivity contribution in [2.45, 2.75) is 19.3 Å². The number of aryl methyl sites for hydroxylation is 1. The molecule has 0 atom stereocenters. The van der Waals surface area contributed by atoms with Crippen molar-refractivity contribution in [3.05, 3.63) is 65.4 Å². The number of hydrogen-bond donors (Lipinski definition) is 1. The van der Waals surface area contributed by atoms with E-state index in [-0.39, 0.29) is 0 Å². The minimum Gasteiger partial charge on any atom is -0.478 e. The summed E-state index contributed by atoms with van der Waals surface area (Å²) in [5.74, 6) is -0.887. The Morgan fingerprint density at radius 1 is 0.929 bits per heavy atom. The zero-order valence-corrected chi connectivity index (χ0v) is 15.8. The normalized spacial score (nSPS) is 16.4. The number of carboxylic acids is 1. The van der Waals surface area contributed by atoms with Crippen molar-refractivity contribution in [1.29, 1.82) is 0 Å². The lowest BCUT2D eigenvalue weighted by Crippen LogP contribution is -2.47. The Morgan fingerprint density at radius 3 is 2.43 bits per heavy atom. The first kappa shape index (κ1) is 17.0. The van der Waals surface area contributed by atoms with Crippen LogP contribution in [-0.4, -0.2) is 42.2 Å². The van der Waals surface area contributed by atoms with Crippen molar-refractivity contribution in [2.75, 3.05) is 36.0 Å². The highest BCUT2D eigenvalue weighted by molar-refractivity contribution is 6.00. The van der Waals surface area contributed by atoms with Crippen LogP contribution in [0.3, 0.4) is 0 Å². The zero-order valence-electron chi connectivity index (χ0n) is 15.8. The summed E-state index contributed by atoms with van der Waals surface area (Å²) in [6.45, 7) is 3.78. The van der Waals surface area contributed by atoms with Crippen LogP contribution >= 0.6 is 0 Å². The van der Waals surface area contributed by atoms with E-state index in [9.17, 15) is 9.90 Å². The van der Waals surface area contributed by atoms with E-state index < -0.39 is 5.97 Å². The van der Waals surface area contributed by atoms with E-state index in [0.29, 0.717) is 5.56 Å². The summed E-state index contributed by atoms with van der Waals surface area (Å²) in [6, 6.07) is 15.9. The maximum absolute atomic E-state index is 11.5. The molecule has 3 aromatic rings. The van der Waals surface area contributed by atoms with Crippen LogP contribution in [0, 0.1) is 0 Å². The molecule has 0 spiro atoms. The fraction of sp³-hybridized carbons (Fsp3) is 0.304. The Kier molecular flexibility index (Phi) is 4.15. The molecule has 142 valence electrons. The maximum Gasteiger partial charge on any atom is 0.335 e. The first-order valence-corrected chi connectivity index (χ1v) is 9.94. The van der Waals surface area contributed by atoms with E-state index in [0.717, 1.165) is 56.3 Å². The van der Waals surface area contributed by atoms with Gasteiger partial charge in [0.2, 0.25) is 0 Å². The highest BCUT2D eigenvalue weighted by Gasteiger charge is 2.26. The lowest BCUT2D eigenvalue weighted by atomic mass is 10.0. The lowest BCUT2D eigenvalue weighted by Gasteiger charge is -2.38.